The Labute approximate surface area is 206 Å². The first-order chi connectivity index (χ1) is 15.9. The highest BCUT2D eigenvalue weighted by molar-refractivity contribution is 6.36. The van der Waals surface area contributed by atoms with Crippen molar-refractivity contribution in [1.82, 2.24) is 14.7 Å². The van der Waals surface area contributed by atoms with Crippen molar-refractivity contribution in [2.24, 2.45) is 0 Å². The Morgan fingerprint density at radius 2 is 1.76 bits per heavy atom. The van der Waals surface area contributed by atoms with Gasteiger partial charge in [0.05, 0.1) is 10.7 Å². The highest BCUT2D eigenvalue weighted by atomic mass is 35.5. The van der Waals surface area contributed by atoms with Crippen LogP contribution in [0.25, 0.3) is 0 Å². The summed E-state index contributed by atoms with van der Waals surface area (Å²) in [7, 11) is 0. The number of amides is 3. The lowest BCUT2D eigenvalue weighted by Gasteiger charge is -2.35. The Hall–Kier alpha value is -2.28. The summed E-state index contributed by atoms with van der Waals surface area (Å²) >= 11 is 12.1. The molecule has 1 atom stereocenters. The maximum atomic E-state index is 12.9. The van der Waals surface area contributed by atoms with Gasteiger partial charge in [-0.1, -0.05) is 60.5 Å². The van der Waals surface area contributed by atoms with Crippen molar-refractivity contribution in [2.75, 3.05) is 38.0 Å². The van der Waals surface area contributed by atoms with Crippen molar-refractivity contribution in [2.45, 2.75) is 39.3 Å². The third-order valence-corrected chi connectivity index (χ3v) is 6.64. The maximum Gasteiger partial charge on any atom is 0.322 e. The van der Waals surface area contributed by atoms with E-state index < -0.39 is 0 Å². The largest absolute Gasteiger partial charge is 0.340 e. The van der Waals surface area contributed by atoms with Crippen molar-refractivity contribution in [3.63, 3.8) is 0 Å². The summed E-state index contributed by atoms with van der Waals surface area (Å²) in [4.78, 5) is 31.8. The molecule has 33 heavy (non-hydrogen) atoms. The minimum Gasteiger partial charge on any atom is -0.340 e. The first-order valence-corrected chi connectivity index (χ1v) is 12.2. The van der Waals surface area contributed by atoms with Gasteiger partial charge in [0.15, 0.2) is 0 Å². The van der Waals surface area contributed by atoms with Crippen molar-refractivity contribution < 1.29 is 9.59 Å². The van der Waals surface area contributed by atoms with E-state index in [0.717, 1.165) is 26.1 Å². The number of urea groups is 1. The number of carbonyl (C=O) groups excluding carboxylic acids is 2. The summed E-state index contributed by atoms with van der Waals surface area (Å²) in [5, 5.41) is 3.73. The molecule has 0 spiro atoms. The smallest absolute Gasteiger partial charge is 0.322 e. The Morgan fingerprint density at radius 3 is 2.39 bits per heavy atom. The molecule has 6 nitrogen and oxygen atoms in total. The molecule has 3 amide bonds. The lowest BCUT2D eigenvalue weighted by atomic mass is 10.2. The van der Waals surface area contributed by atoms with Crippen LogP contribution in [0.3, 0.4) is 0 Å². The third-order valence-electron chi connectivity index (χ3n) is 6.10. The normalized spacial score (nSPS) is 15.2. The molecule has 1 heterocycles. The van der Waals surface area contributed by atoms with Crippen LogP contribution in [0.2, 0.25) is 10.0 Å². The average Bonchev–Trinajstić information content (AvgIpc) is 2.81. The Morgan fingerprint density at radius 1 is 1.06 bits per heavy atom. The summed E-state index contributed by atoms with van der Waals surface area (Å²) < 4.78 is 0. The number of hydrogen-bond acceptors (Lipinski definition) is 3. The van der Waals surface area contributed by atoms with Crippen LogP contribution in [0.5, 0.6) is 0 Å². The van der Waals surface area contributed by atoms with E-state index in [4.69, 9.17) is 23.2 Å². The molecule has 1 aliphatic rings. The van der Waals surface area contributed by atoms with Crippen LogP contribution in [0, 0.1) is 0 Å². The molecule has 8 heteroatoms. The fourth-order valence-electron chi connectivity index (χ4n) is 3.89. The van der Waals surface area contributed by atoms with Gasteiger partial charge in [0.25, 0.3) is 0 Å². The summed E-state index contributed by atoms with van der Waals surface area (Å²) in [6.07, 6.45) is 1.08. The van der Waals surface area contributed by atoms with Crippen LogP contribution in [0.15, 0.2) is 48.5 Å². The van der Waals surface area contributed by atoms with Gasteiger partial charge in [0, 0.05) is 56.8 Å². The molecule has 0 aromatic heterocycles. The molecule has 1 fully saturated rings. The molecular weight excluding hydrogens is 459 g/mol. The van der Waals surface area contributed by atoms with Crippen molar-refractivity contribution in [3.8, 4) is 0 Å². The number of nitrogens with zero attached hydrogens (tertiary/aromatic N) is 3. The highest BCUT2D eigenvalue weighted by Gasteiger charge is 2.24. The van der Waals surface area contributed by atoms with Crippen LogP contribution in [0.1, 0.15) is 32.3 Å². The van der Waals surface area contributed by atoms with E-state index in [2.05, 4.69) is 34.5 Å². The van der Waals surface area contributed by atoms with Crippen molar-refractivity contribution in [3.05, 3.63) is 64.1 Å². The van der Waals surface area contributed by atoms with Crippen LogP contribution >= 0.6 is 23.2 Å². The molecule has 0 saturated carbocycles. The molecule has 0 bridgehead atoms. The van der Waals surface area contributed by atoms with Crippen molar-refractivity contribution in [1.29, 1.82) is 0 Å². The number of nitrogens with one attached hydrogen (secondary N) is 1. The second-order valence-electron chi connectivity index (χ2n) is 8.40. The lowest BCUT2D eigenvalue weighted by molar-refractivity contribution is -0.133. The fraction of sp³-hybridized carbons (Fsp3) is 0.440. The zero-order valence-electron chi connectivity index (χ0n) is 19.3. The van der Waals surface area contributed by atoms with E-state index in [1.807, 2.05) is 24.8 Å². The number of carbonyl (C=O) groups is 2. The zero-order chi connectivity index (χ0) is 23.8. The molecule has 2 aromatic carbocycles. The molecule has 0 radical (unpaired) electrons. The standard InChI is InChI=1S/C25H32Cl2N4O2/c1-3-19(2)31(25(33)28-23-10-9-21(26)17-22(23)27)12-11-24(32)30-15-13-29(14-16-30)18-20-7-5-4-6-8-20/h4-10,17,19H,3,11-16,18H2,1-2H3,(H,28,33). The number of benzene rings is 2. The topological polar surface area (TPSA) is 55.9 Å². The van der Waals surface area contributed by atoms with E-state index >= 15 is 0 Å². The molecule has 3 rings (SSSR count). The van der Waals surface area contributed by atoms with Crippen molar-refractivity contribution >= 4 is 40.8 Å². The van der Waals surface area contributed by atoms with Crippen LogP contribution in [0.4, 0.5) is 10.5 Å². The summed E-state index contributed by atoms with van der Waals surface area (Å²) in [5.41, 5.74) is 1.79. The van der Waals surface area contributed by atoms with Crippen LogP contribution in [-0.4, -0.2) is 65.4 Å². The van der Waals surface area contributed by atoms with Gasteiger partial charge in [0.2, 0.25) is 5.91 Å². The molecule has 1 aliphatic heterocycles. The second-order valence-corrected chi connectivity index (χ2v) is 9.24. The number of hydrogen-bond donors (Lipinski definition) is 1. The van der Waals surface area contributed by atoms with Gasteiger partial charge in [-0.25, -0.2) is 4.79 Å². The maximum absolute atomic E-state index is 12.9. The van der Waals surface area contributed by atoms with E-state index in [9.17, 15) is 9.59 Å². The van der Waals surface area contributed by atoms with Crippen LogP contribution < -0.4 is 5.32 Å². The van der Waals surface area contributed by atoms with Gasteiger partial charge in [-0.15, -0.1) is 0 Å². The number of halogens is 2. The Kier molecular flexibility index (Phi) is 9.41. The average molecular weight is 491 g/mol. The first-order valence-electron chi connectivity index (χ1n) is 11.4. The minimum absolute atomic E-state index is 0.00778. The monoisotopic (exact) mass is 490 g/mol. The second kappa shape index (κ2) is 12.3. The third kappa shape index (κ3) is 7.36. The molecule has 0 aliphatic carbocycles. The molecule has 1 N–H and O–H groups in total. The van der Waals surface area contributed by atoms with E-state index in [1.165, 1.54) is 5.56 Å². The Balaban J connectivity index is 1.51. The number of rotatable bonds is 8. The summed E-state index contributed by atoms with van der Waals surface area (Å²) in [6, 6.07) is 15.0. The van der Waals surface area contributed by atoms with Gasteiger partial charge in [-0.3, -0.25) is 9.69 Å². The molecule has 178 valence electrons. The predicted octanol–water partition coefficient (Wildman–Crippen LogP) is 5.36. The lowest BCUT2D eigenvalue weighted by Crippen LogP contribution is -2.49. The molecular formula is C25H32Cl2N4O2. The van der Waals surface area contributed by atoms with Gasteiger partial charge in [-0.05, 0) is 37.1 Å². The zero-order valence-corrected chi connectivity index (χ0v) is 20.8. The van der Waals surface area contributed by atoms with Gasteiger partial charge < -0.3 is 15.1 Å². The Bertz CT molecular complexity index is 933. The molecule has 1 unspecified atom stereocenters. The van der Waals surface area contributed by atoms with Gasteiger partial charge >= 0.3 is 6.03 Å². The molecule has 2 aromatic rings. The van der Waals surface area contributed by atoms with E-state index in [0.29, 0.717) is 41.8 Å². The molecule has 1 saturated heterocycles. The van der Waals surface area contributed by atoms with Gasteiger partial charge in [-0.2, -0.15) is 0 Å². The predicted molar refractivity (Wildman–Crippen MR) is 135 cm³/mol. The van der Waals surface area contributed by atoms with E-state index in [1.54, 1.807) is 23.1 Å². The minimum atomic E-state index is -0.269. The summed E-state index contributed by atoms with van der Waals surface area (Å²) in [6.45, 7) is 8.39. The first kappa shape index (κ1) is 25.3. The number of piperazine rings is 1. The van der Waals surface area contributed by atoms with E-state index in [-0.39, 0.29) is 18.0 Å². The fourth-order valence-corrected chi connectivity index (χ4v) is 4.35. The highest BCUT2D eigenvalue weighted by Crippen LogP contribution is 2.26. The number of anilines is 1. The van der Waals surface area contributed by atoms with Gasteiger partial charge in [0.1, 0.15) is 0 Å². The quantitative estimate of drug-likeness (QED) is 0.541. The van der Waals surface area contributed by atoms with Crippen LogP contribution in [-0.2, 0) is 11.3 Å². The summed E-state index contributed by atoms with van der Waals surface area (Å²) in [5.74, 6) is 0.0833. The SMILES string of the molecule is CCC(C)N(CCC(=O)N1CCN(Cc2ccccc2)CC1)C(=O)Nc1ccc(Cl)cc1Cl.